The van der Waals surface area contributed by atoms with E-state index in [-0.39, 0.29) is 12.8 Å². The number of carbonyl (C=O) groups excluding carboxylic acids is 1. The van der Waals surface area contributed by atoms with Crippen molar-refractivity contribution in [1.82, 2.24) is 5.32 Å². The molecule has 0 aromatic heterocycles. The maximum absolute atomic E-state index is 13.0. The zero-order chi connectivity index (χ0) is 41.2. The predicted molar refractivity (Wildman–Crippen MR) is 224 cm³/mol. The molecule has 0 bridgehead atoms. The van der Waals surface area contributed by atoms with Gasteiger partial charge in [0.25, 0.3) is 0 Å². The minimum atomic E-state index is -1.66. The molecule has 11 nitrogen and oxygen atoms in total. The number of rotatable bonds is 38. The van der Waals surface area contributed by atoms with Gasteiger partial charge >= 0.3 is 0 Å². The molecule has 1 rings (SSSR count). The molecule has 1 aliphatic heterocycles. The molecule has 0 spiro atoms. The number of hydrogen-bond acceptors (Lipinski definition) is 10. The molecular formula is C45H87NO10. The Bertz CT molecular complexity index is 923. The molecule has 0 saturated carbocycles. The Labute approximate surface area is 341 Å². The molecule has 1 aliphatic rings. The van der Waals surface area contributed by atoms with Gasteiger partial charge in [-0.1, -0.05) is 174 Å². The molecule has 0 aromatic carbocycles. The van der Waals surface area contributed by atoms with Gasteiger partial charge in [0.1, 0.15) is 36.6 Å². The van der Waals surface area contributed by atoms with Crippen molar-refractivity contribution in [1.29, 1.82) is 0 Å². The summed E-state index contributed by atoms with van der Waals surface area (Å²) in [6.07, 6.45) is 25.5. The number of carbonyl (C=O) groups is 1. The van der Waals surface area contributed by atoms with Crippen molar-refractivity contribution >= 4 is 5.91 Å². The Kier molecular flexibility index (Phi) is 33.8. The Morgan fingerprint density at radius 1 is 0.607 bits per heavy atom. The number of aliphatic hydroxyl groups excluding tert-OH is 7. The first-order valence-electron chi connectivity index (χ1n) is 23.1. The van der Waals surface area contributed by atoms with Crippen molar-refractivity contribution in [2.24, 2.45) is 0 Å². The van der Waals surface area contributed by atoms with Crippen LogP contribution in [0.15, 0.2) is 12.2 Å². The van der Waals surface area contributed by atoms with Gasteiger partial charge in [-0.05, 0) is 38.5 Å². The van der Waals surface area contributed by atoms with Gasteiger partial charge < -0.3 is 50.5 Å². The molecule has 8 N–H and O–H groups in total. The predicted octanol–water partition coefficient (Wildman–Crippen LogP) is 7.28. The van der Waals surface area contributed by atoms with Crippen LogP contribution >= 0.6 is 0 Å². The van der Waals surface area contributed by atoms with Gasteiger partial charge in [-0.3, -0.25) is 4.79 Å². The highest BCUT2D eigenvalue weighted by molar-refractivity contribution is 5.80. The van der Waals surface area contributed by atoms with Crippen LogP contribution in [0.2, 0.25) is 0 Å². The fourth-order valence-electron chi connectivity index (χ4n) is 7.44. The number of ether oxygens (including phenoxy) is 2. The molecule has 0 aromatic rings. The summed E-state index contributed by atoms with van der Waals surface area (Å²) in [6.45, 7) is 3.41. The number of hydrogen-bond donors (Lipinski definition) is 8. The normalized spacial score (nSPS) is 22.3. The van der Waals surface area contributed by atoms with Crippen LogP contribution in [0, 0.1) is 0 Å². The van der Waals surface area contributed by atoms with Crippen LogP contribution in [0.5, 0.6) is 0 Å². The molecular weight excluding hydrogens is 714 g/mol. The standard InChI is InChI=1S/C45H87NO10/c1-3-5-7-9-11-13-15-16-17-18-19-20-21-23-24-26-28-30-32-37(48)40(50)36(35-55-45-43(53)42(52)41(51)39(34-47)56-45)46-44(54)38(49)33-31-29-27-25-22-14-12-10-8-6-4-2/h24,26,36-43,45,47-53H,3-23,25,27-35H2,1-2H3,(H,46,54)/b26-24+. The minimum absolute atomic E-state index is 0.257. The number of allylic oxidation sites excluding steroid dienone is 2. The molecule has 56 heavy (non-hydrogen) atoms. The van der Waals surface area contributed by atoms with Crippen molar-refractivity contribution in [3.05, 3.63) is 12.2 Å². The number of nitrogens with one attached hydrogen (secondary N) is 1. The monoisotopic (exact) mass is 802 g/mol. The van der Waals surface area contributed by atoms with E-state index < -0.39 is 74.2 Å². The lowest BCUT2D eigenvalue weighted by atomic mass is 9.98. The van der Waals surface area contributed by atoms with E-state index in [1.165, 1.54) is 122 Å². The zero-order valence-corrected chi connectivity index (χ0v) is 35.6. The van der Waals surface area contributed by atoms with Crippen LogP contribution in [0.4, 0.5) is 0 Å². The highest BCUT2D eigenvalue weighted by Crippen LogP contribution is 2.23. The fourth-order valence-corrected chi connectivity index (χ4v) is 7.44. The molecule has 0 radical (unpaired) electrons. The van der Waals surface area contributed by atoms with Crippen molar-refractivity contribution < 1.29 is 50.0 Å². The lowest BCUT2D eigenvalue weighted by molar-refractivity contribution is -0.303. The fraction of sp³-hybridized carbons (Fsp3) is 0.933. The number of amides is 1. The first-order valence-corrected chi connectivity index (χ1v) is 23.1. The van der Waals surface area contributed by atoms with Crippen molar-refractivity contribution in [2.75, 3.05) is 13.2 Å². The van der Waals surface area contributed by atoms with Gasteiger partial charge in [-0.15, -0.1) is 0 Å². The number of unbranched alkanes of at least 4 members (excludes halogenated alkanes) is 24. The third-order valence-electron chi connectivity index (χ3n) is 11.3. The molecule has 0 aliphatic carbocycles. The third kappa shape index (κ3) is 25.4. The van der Waals surface area contributed by atoms with E-state index in [1.807, 2.05) is 0 Å². The summed E-state index contributed by atoms with van der Waals surface area (Å²) in [6, 6.07) is -1.18. The number of aliphatic hydroxyl groups is 7. The molecule has 9 atom stereocenters. The molecule has 1 heterocycles. The Hall–Kier alpha value is -1.15. The van der Waals surface area contributed by atoms with Crippen LogP contribution in [-0.4, -0.2) is 110 Å². The van der Waals surface area contributed by atoms with E-state index in [2.05, 4.69) is 31.3 Å². The van der Waals surface area contributed by atoms with Crippen LogP contribution in [0.25, 0.3) is 0 Å². The lowest BCUT2D eigenvalue weighted by Gasteiger charge is -2.40. The van der Waals surface area contributed by atoms with Gasteiger partial charge in [0.15, 0.2) is 6.29 Å². The second kappa shape index (κ2) is 35.8. The zero-order valence-electron chi connectivity index (χ0n) is 35.6. The van der Waals surface area contributed by atoms with Crippen molar-refractivity contribution in [3.8, 4) is 0 Å². The van der Waals surface area contributed by atoms with Crippen LogP contribution in [0.3, 0.4) is 0 Å². The summed E-state index contributed by atoms with van der Waals surface area (Å²) in [5.74, 6) is -0.707. The van der Waals surface area contributed by atoms with Gasteiger partial charge in [-0.25, -0.2) is 0 Å². The van der Waals surface area contributed by atoms with Crippen molar-refractivity contribution in [3.63, 3.8) is 0 Å². The summed E-state index contributed by atoms with van der Waals surface area (Å²) < 4.78 is 11.1. The second-order valence-corrected chi connectivity index (χ2v) is 16.5. The topological polar surface area (TPSA) is 189 Å². The van der Waals surface area contributed by atoms with Gasteiger partial charge in [-0.2, -0.15) is 0 Å². The van der Waals surface area contributed by atoms with E-state index in [1.54, 1.807) is 0 Å². The molecule has 1 fully saturated rings. The third-order valence-corrected chi connectivity index (χ3v) is 11.3. The van der Waals surface area contributed by atoms with Gasteiger partial charge in [0, 0.05) is 0 Å². The van der Waals surface area contributed by atoms with Crippen LogP contribution in [0.1, 0.15) is 200 Å². The average molecular weight is 802 g/mol. The highest BCUT2D eigenvalue weighted by Gasteiger charge is 2.44. The largest absolute Gasteiger partial charge is 0.394 e. The molecule has 1 amide bonds. The van der Waals surface area contributed by atoms with Crippen LogP contribution < -0.4 is 5.32 Å². The average Bonchev–Trinajstić information content (AvgIpc) is 3.20. The lowest BCUT2D eigenvalue weighted by Crippen LogP contribution is -2.60. The summed E-state index contributed by atoms with van der Waals surface area (Å²) in [5, 5.41) is 75.5. The Morgan fingerprint density at radius 2 is 1.05 bits per heavy atom. The van der Waals surface area contributed by atoms with E-state index >= 15 is 0 Å². The van der Waals surface area contributed by atoms with Gasteiger partial charge in [0.05, 0.1) is 25.4 Å². The highest BCUT2D eigenvalue weighted by atomic mass is 16.7. The quantitative estimate of drug-likeness (QED) is 0.0233. The van der Waals surface area contributed by atoms with Crippen molar-refractivity contribution in [2.45, 2.75) is 255 Å². The molecule has 332 valence electrons. The first kappa shape index (κ1) is 52.9. The maximum atomic E-state index is 13.0. The minimum Gasteiger partial charge on any atom is -0.394 e. The van der Waals surface area contributed by atoms with E-state index in [4.69, 9.17) is 9.47 Å². The Morgan fingerprint density at radius 3 is 1.54 bits per heavy atom. The second-order valence-electron chi connectivity index (χ2n) is 16.5. The van der Waals surface area contributed by atoms with E-state index in [9.17, 15) is 40.5 Å². The Balaban J connectivity index is 2.47. The molecule has 1 saturated heterocycles. The maximum Gasteiger partial charge on any atom is 0.249 e. The summed E-state index contributed by atoms with van der Waals surface area (Å²) in [5.41, 5.74) is 0. The summed E-state index contributed by atoms with van der Waals surface area (Å²) in [7, 11) is 0. The summed E-state index contributed by atoms with van der Waals surface area (Å²) >= 11 is 0. The molecule has 11 heteroatoms. The summed E-state index contributed by atoms with van der Waals surface area (Å²) in [4.78, 5) is 13.0. The van der Waals surface area contributed by atoms with E-state index in [0.717, 1.165) is 38.5 Å². The van der Waals surface area contributed by atoms with Gasteiger partial charge in [0.2, 0.25) is 5.91 Å². The van der Waals surface area contributed by atoms with E-state index in [0.29, 0.717) is 12.8 Å². The SMILES string of the molecule is CCCCCCCCCCCCCCC/C=C/CCCC(O)C(O)C(COC1OC(CO)C(O)C(O)C1O)NC(=O)C(O)CCCCCCCCCCCCC. The first-order chi connectivity index (χ1) is 27.2. The smallest absolute Gasteiger partial charge is 0.249 e. The molecule has 9 unspecified atom stereocenters. The van der Waals surface area contributed by atoms with Crippen LogP contribution in [-0.2, 0) is 14.3 Å².